The van der Waals surface area contributed by atoms with E-state index in [0.717, 1.165) is 6.42 Å². The Hall–Kier alpha value is -1.42. The van der Waals surface area contributed by atoms with Crippen LogP contribution >= 0.6 is 0 Å². The maximum Gasteiger partial charge on any atom is 0.221 e. The van der Waals surface area contributed by atoms with Crippen molar-refractivity contribution in [3.63, 3.8) is 0 Å². The molecule has 1 aromatic carbocycles. The van der Waals surface area contributed by atoms with E-state index in [1.54, 1.807) is 18.2 Å². The van der Waals surface area contributed by atoms with Gasteiger partial charge in [-0.25, -0.2) is 4.39 Å². The summed E-state index contributed by atoms with van der Waals surface area (Å²) in [5, 5.41) is 6.06. The molecule has 106 valence electrons. The van der Waals surface area contributed by atoms with E-state index >= 15 is 0 Å². The molecule has 1 rings (SSSR count). The third-order valence-electron chi connectivity index (χ3n) is 3.13. The van der Waals surface area contributed by atoms with Crippen LogP contribution in [0.1, 0.15) is 32.3 Å². The standard InChI is InChI=1S/C15H23FN2O/c1-3-12(2)17-11-9-15(19)18-10-8-13-6-4-5-7-14(13)16/h4-7,12,17H,3,8-11H2,1-2H3,(H,18,19). The molecule has 0 fully saturated rings. The largest absolute Gasteiger partial charge is 0.356 e. The van der Waals surface area contributed by atoms with E-state index in [2.05, 4.69) is 24.5 Å². The van der Waals surface area contributed by atoms with E-state index in [0.29, 0.717) is 37.5 Å². The molecule has 19 heavy (non-hydrogen) atoms. The van der Waals surface area contributed by atoms with Gasteiger partial charge in [-0.2, -0.15) is 0 Å². The number of carbonyl (C=O) groups excluding carboxylic acids is 1. The first-order valence-electron chi connectivity index (χ1n) is 6.87. The number of halogens is 1. The predicted octanol–water partition coefficient (Wildman–Crippen LogP) is 2.26. The van der Waals surface area contributed by atoms with Gasteiger partial charge in [0, 0.05) is 25.6 Å². The van der Waals surface area contributed by atoms with Crippen LogP contribution in [-0.2, 0) is 11.2 Å². The summed E-state index contributed by atoms with van der Waals surface area (Å²) in [6.07, 6.45) is 2.04. The highest BCUT2D eigenvalue weighted by atomic mass is 19.1. The Morgan fingerprint density at radius 1 is 1.32 bits per heavy atom. The van der Waals surface area contributed by atoms with Crippen LogP contribution in [0, 0.1) is 5.82 Å². The zero-order valence-corrected chi connectivity index (χ0v) is 11.7. The molecule has 0 saturated carbocycles. The molecule has 1 unspecified atom stereocenters. The molecule has 0 spiro atoms. The first-order valence-corrected chi connectivity index (χ1v) is 6.87. The van der Waals surface area contributed by atoms with Gasteiger partial charge in [0.2, 0.25) is 5.91 Å². The van der Waals surface area contributed by atoms with Crippen molar-refractivity contribution in [2.75, 3.05) is 13.1 Å². The lowest BCUT2D eigenvalue weighted by Gasteiger charge is -2.11. The smallest absolute Gasteiger partial charge is 0.221 e. The molecule has 0 aliphatic heterocycles. The van der Waals surface area contributed by atoms with Crippen LogP contribution in [0.2, 0.25) is 0 Å². The Labute approximate surface area is 114 Å². The number of rotatable bonds is 8. The Morgan fingerprint density at radius 3 is 2.74 bits per heavy atom. The lowest BCUT2D eigenvalue weighted by atomic mass is 10.1. The van der Waals surface area contributed by atoms with Gasteiger partial charge < -0.3 is 10.6 Å². The molecule has 0 aliphatic carbocycles. The zero-order chi connectivity index (χ0) is 14.1. The van der Waals surface area contributed by atoms with E-state index in [1.807, 2.05) is 0 Å². The number of hydrogen-bond acceptors (Lipinski definition) is 2. The Balaban J connectivity index is 2.15. The minimum atomic E-state index is -0.213. The summed E-state index contributed by atoms with van der Waals surface area (Å²) in [5.41, 5.74) is 0.639. The Bertz CT molecular complexity index is 395. The second kappa shape index (κ2) is 8.64. The molecule has 0 radical (unpaired) electrons. The average Bonchev–Trinajstić information content (AvgIpc) is 2.40. The van der Waals surface area contributed by atoms with Gasteiger partial charge in [0.15, 0.2) is 0 Å². The van der Waals surface area contributed by atoms with Crippen LogP contribution in [-0.4, -0.2) is 25.0 Å². The molecule has 0 saturated heterocycles. The first-order chi connectivity index (χ1) is 9.13. The van der Waals surface area contributed by atoms with E-state index in [1.165, 1.54) is 6.07 Å². The lowest BCUT2D eigenvalue weighted by molar-refractivity contribution is -0.120. The van der Waals surface area contributed by atoms with Gasteiger partial charge in [0.25, 0.3) is 0 Å². The van der Waals surface area contributed by atoms with E-state index < -0.39 is 0 Å². The molecule has 1 atom stereocenters. The Kier molecular flexibility index (Phi) is 7.11. The van der Waals surface area contributed by atoms with Gasteiger partial charge in [0.05, 0.1) is 0 Å². The van der Waals surface area contributed by atoms with Gasteiger partial charge in [-0.15, -0.1) is 0 Å². The van der Waals surface area contributed by atoms with Crippen molar-refractivity contribution in [1.82, 2.24) is 10.6 Å². The van der Waals surface area contributed by atoms with Gasteiger partial charge in [-0.05, 0) is 31.4 Å². The van der Waals surface area contributed by atoms with E-state index in [-0.39, 0.29) is 11.7 Å². The van der Waals surface area contributed by atoms with Crippen LogP contribution in [0.15, 0.2) is 24.3 Å². The summed E-state index contributed by atoms with van der Waals surface area (Å²) in [4.78, 5) is 11.5. The number of nitrogens with one attached hydrogen (secondary N) is 2. The monoisotopic (exact) mass is 266 g/mol. The topological polar surface area (TPSA) is 41.1 Å². The minimum Gasteiger partial charge on any atom is -0.356 e. The fraction of sp³-hybridized carbons (Fsp3) is 0.533. The van der Waals surface area contributed by atoms with Gasteiger partial charge in [-0.3, -0.25) is 4.79 Å². The van der Waals surface area contributed by atoms with Crippen molar-refractivity contribution in [1.29, 1.82) is 0 Å². The van der Waals surface area contributed by atoms with Crippen LogP contribution in [0.5, 0.6) is 0 Å². The fourth-order valence-electron chi connectivity index (χ4n) is 1.70. The number of carbonyl (C=O) groups is 1. The highest BCUT2D eigenvalue weighted by Crippen LogP contribution is 2.06. The van der Waals surface area contributed by atoms with Crippen LogP contribution in [0.25, 0.3) is 0 Å². The summed E-state index contributed by atoms with van der Waals surface area (Å²) < 4.78 is 13.3. The summed E-state index contributed by atoms with van der Waals surface area (Å²) in [6.45, 7) is 5.35. The summed E-state index contributed by atoms with van der Waals surface area (Å²) in [7, 11) is 0. The van der Waals surface area contributed by atoms with Gasteiger partial charge in [0.1, 0.15) is 5.82 Å². The molecule has 0 aliphatic rings. The van der Waals surface area contributed by atoms with Crippen LogP contribution in [0.4, 0.5) is 4.39 Å². The normalized spacial score (nSPS) is 12.2. The van der Waals surface area contributed by atoms with E-state index in [4.69, 9.17) is 0 Å². The van der Waals surface area contributed by atoms with Crippen molar-refractivity contribution in [3.8, 4) is 0 Å². The second-order valence-electron chi connectivity index (χ2n) is 4.70. The Morgan fingerprint density at radius 2 is 2.05 bits per heavy atom. The van der Waals surface area contributed by atoms with Gasteiger partial charge in [-0.1, -0.05) is 25.1 Å². The molecule has 4 heteroatoms. The highest BCUT2D eigenvalue weighted by Gasteiger charge is 2.04. The molecular formula is C15H23FN2O. The van der Waals surface area contributed by atoms with Crippen molar-refractivity contribution in [3.05, 3.63) is 35.6 Å². The quantitative estimate of drug-likeness (QED) is 0.758. The minimum absolute atomic E-state index is 0.00661. The molecule has 1 aromatic rings. The third kappa shape index (κ3) is 6.34. The highest BCUT2D eigenvalue weighted by molar-refractivity contribution is 5.76. The zero-order valence-electron chi connectivity index (χ0n) is 11.7. The van der Waals surface area contributed by atoms with E-state index in [9.17, 15) is 9.18 Å². The summed E-state index contributed by atoms with van der Waals surface area (Å²) >= 11 is 0. The van der Waals surface area contributed by atoms with Crippen molar-refractivity contribution >= 4 is 5.91 Å². The lowest BCUT2D eigenvalue weighted by Crippen LogP contribution is -2.32. The van der Waals surface area contributed by atoms with Gasteiger partial charge >= 0.3 is 0 Å². The number of hydrogen-bond donors (Lipinski definition) is 2. The third-order valence-corrected chi connectivity index (χ3v) is 3.13. The SMILES string of the molecule is CCC(C)NCCC(=O)NCCc1ccccc1F. The second-order valence-corrected chi connectivity index (χ2v) is 4.70. The molecule has 3 nitrogen and oxygen atoms in total. The van der Waals surface area contributed by atoms with Crippen molar-refractivity contribution < 1.29 is 9.18 Å². The molecular weight excluding hydrogens is 243 g/mol. The predicted molar refractivity (Wildman–Crippen MR) is 75.5 cm³/mol. The molecule has 0 bridgehead atoms. The average molecular weight is 266 g/mol. The molecule has 0 aromatic heterocycles. The van der Waals surface area contributed by atoms with Crippen molar-refractivity contribution in [2.24, 2.45) is 0 Å². The number of amides is 1. The molecule has 0 heterocycles. The summed E-state index contributed by atoms with van der Waals surface area (Å²) in [5.74, 6) is -0.206. The van der Waals surface area contributed by atoms with Crippen LogP contribution < -0.4 is 10.6 Å². The number of benzene rings is 1. The van der Waals surface area contributed by atoms with Crippen molar-refractivity contribution in [2.45, 2.75) is 39.2 Å². The molecule has 1 amide bonds. The van der Waals surface area contributed by atoms with Crippen LogP contribution in [0.3, 0.4) is 0 Å². The summed E-state index contributed by atoms with van der Waals surface area (Å²) in [6, 6.07) is 7.08. The molecule has 2 N–H and O–H groups in total. The maximum atomic E-state index is 13.3. The first kappa shape index (κ1) is 15.6. The maximum absolute atomic E-state index is 13.3. The fourth-order valence-corrected chi connectivity index (χ4v) is 1.70.